The number of nitrogens with zero attached hydrogens (tertiary/aromatic N) is 5. The van der Waals surface area contributed by atoms with E-state index in [0.29, 0.717) is 40.7 Å². The van der Waals surface area contributed by atoms with Crippen molar-refractivity contribution in [2.45, 2.75) is 104 Å². The van der Waals surface area contributed by atoms with Crippen molar-refractivity contribution in [3.63, 3.8) is 0 Å². The molecule has 1 saturated heterocycles. The number of amides is 2. The predicted octanol–water partition coefficient (Wildman–Crippen LogP) is 7.09. The second-order valence-electron chi connectivity index (χ2n) is 14.6. The molecular weight excluding hydrogens is 605 g/mol. The van der Waals surface area contributed by atoms with Gasteiger partial charge in [0.1, 0.15) is 11.3 Å². The summed E-state index contributed by atoms with van der Waals surface area (Å²) < 4.78 is 17.4. The van der Waals surface area contributed by atoms with Gasteiger partial charge in [0.15, 0.2) is 5.82 Å². The van der Waals surface area contributed by atoms with Gasteiger partial charge < -0.3 is 25.0 Å². The average molecular weight is 652 g/mol. The fourth-order valence-electron chi connectivity index (χ4n) is 7.71. The Labute approximate surface area is 281 Å². The maximum atomic E-state index is 15.5. The third kappa shape index (κ3) is 5.53. The highest BCUT2D eigenvalue weighted by molar-refractivity contribution is 6.09. The second kappa shape index (κ2) is 12.3. The molecule has 0 unspecified atom stereocenters. The number of hydrogen-bond donors (Lipinski definition) is 2. The van der Waals surface area contributed by atoms with Gasteiger partial charge in [0.25, 0.3) is 5.91 Å². The second-order valence-corrected chi connectivity index (χ2v) is 14.6. The molecule has 252 valence electrons. The Balaban J connectivity index is 1.25. The number of carbonyl (C=O) groups is 2. The van der Waals surface area contributed by atoms with Crippen molar-refractivity contribution in [1.82, 2.24) is 24.8 Å². The van der Waals surface area contributed by atoms with E-state index in [9.17, 15) is 9.59 Å². The highest BCUT2D eigenvalue weighted by atomic mass is 19.1. The van der Waals surface area contributed by atoms with Crippen molar-refractivity contribution < 1.29 is 14.0 Å². The topological polar surface area (TPSA) is 95.4 Å². The lowest BCUT2D eigenvalue weighted by molar-refractivity contribution is -0.123. The van der Waals surface area contributed by atoms with Gasteiger partial charge in [0.2, 0.25) is 5.91 Å². The molecule has 2 aliphatic heterocycles. The normalized spacial score (nSPS) is 20.7. The molecule has 3 aliphatic rings. The number of benzene rings is 2. The van der Waals surface area contributed by atoms with Crippen molar-refractivity contribution in [3.05, 3.63) is 65.2 Å². The zero-order valence-corrected chi connectivity index (χ0v) is 28.9. The van der Waals surface area contributed by atoms with Gasteiger partial charge in [-0.25, -0.2) is 14.4 Å². The van der Waals surface area contributed by atoms with Crippen molar-refractivity contribution in [2.75, 3.05) is 23.3 Å². The van der Waals surface area contributed by atoms with E-state index >= 15 is 4.39 Å². The number of halogens is 1. The summed E-state index contributed by atoms with van der Waals surface area (Å²) in [5.41, 5.74) is 5.44. The van der Waals surface area contributed by atoms with Gasteiger partial charge >= 0.3 is 0 Å². The lowest BCUT2D eigenvalue weighted by atomic mass is 9.82. The van der Waals surface area contributed by atoms with Crippen LogP contribution in [-0.4, -0.2) is 62.5 Å². The van der Waals surface area contributed by atoms with Crippen molar-refractivity contribution in [1.29, 1.82) is 0 Å². The monoisotopic (exact) mass is 651 g/mol. The molecule has 0 spiro atoms. The van der Waals surface area contributed by atoms with E-state index in [1.807, 2.05) is 56.2 Å². The molecular formula is C38H46FN7O2. The van der Waals surface area contributed by atoms with Gasteiger partial charge in [-0.15, -0.1) is 0 Å². The standard InChI is InChI=1S/C38H46FN7O2/c1-7-44-21-40-32-20-30(42-35(34(32)44)43-31-19-27(23(4)15-29(31)39)36(47)41-22(2)3)24-11-12-28-33(16-24)46(37(48)38(28,5)6)26-17-25(18-26)45-13-9-8-10-14-45/h11-12,15-16,19-22,25-26H,7-10,13-14,17-18H2,1-6H3,(H,41,47)(H,42,43). The number of likely N-dealkylation sites (tertiary alicyclic amines) is 1. The van der Waals surface area contributed by atoms with Crippen LogP contribution in [-0.2, 0) is 16.8 Å². The first kappa shape index (κ1) is 32.2. The van der Waals surface area contributed by atoms with E-state index in [-0.39, 0.29) is 29.6 Å². The minimum Gasteiger partial charge on any atom is -0.350 e. The Morgan fingerprint density at radius 2 is 1.81 bits per heavy atom. The Bertz CT molecular complexity index is 1900. The third-order valence-corrected chi connectivity index (χ3v) is 10.5. The average Bonchev–Trinajstić information content (AvgIpc) is 3.54. The molecule has 2 fully saturated rings. The lowest BCUT2D eigenvalue weighted by Gasteiger charge is -2.48. The van der Waals surface area contributed by atoms with Crippen LogP contribution in [0.15, 0.2) is 42.7 Å². The Kier molecular flexibility index (Phi) is 8.26. The van der Waals surface area contributed by atoms with Gasteiger partial charge in [-0.1, -0.05) is 18.6 Å². The van der Waals surface area contributed by atoms with Crippen LogP contribution >= 0.6 is 0 Å². The van der Waals surface area contributed by atoms with Crippen LogP contribution in [0.4, 0.5) is 21.6 Å². The highest BCUT2D eigenvalue weighted by Gasteiger charge is 2.50. The Morgan fingerprint density at radius 1 is 1.06 bits per heavy atom. The fourth-order valence-corrected chi connectivity index (χ4v) is 7.71. The quantitative estimate of drug-likeness (QED) is 0.211. The first-order chi connectivity index (χ1) is 23.0. The predicted molar refractivity (Wildman–Crippen MR) is 188 cm³/mol. The number of pyridine rings is 1. The number of nitrogens with one attached hydrogen (secondary N) is 2. The minimum atomic E-state index is -0.614. The minimum absolute atomic E-state index is 0.0558. The number of fused-ring (bicyclic) bond motifs is 2. The van der Waals surface area contributed by atoms with E-state index in [0.717, 1.165) is 48.3 Å². The molecule has 7 rings (SSSR count). The molecule has 4 aromatic rings. The summed E-state index contributed by atoms with van der Waals surface area (Å²) in [7, 11) is 0. The summed E-state index contributed by atoms with van der Waals surface area (Å²) in [6.45, 7) is 14.5. The van der Waals surface area contributed by atoms with E-state index in [2.05, 4.69) is 32.7 Å². The van der Waals surface area contributed by atoms with Crippen molar-refractivity contribution in [2.24, 2.45) is 0 Å². The maximum Gasteiger partial charge on any atom is 0.251 e. The number of imidazole rings is 1. The van der Waals surface area contributed by atoms with E-state index in [4.69, 9.17) is 4.98 Å². The lowest BCUT2D eigenvalue weighted by Crippen LogP contribution is -2.57. The van der Waals surface area contributed by atoms with Crippen LogP contribution in [0.3, 0.4) is 0 Å². The number of aromatic nitrogens is 3. The maximum absolute atomic E-state index is 15.5. The first-order valence-electron chi connectivity index (χ1n) is 17.4. The molecule has 10 heteroatoms. The van der Waals surface area contributed by atoms with Gasteiger partial charge in [0, 0.05) is 41.5 Å². The summed E-state index contributed by atoms with van der Waals surface area (Å²) in [5.74, 6) is -0.146. The summed E-state index contributed by atoms with van der Waals surface area (Å²) in [5, 5.41) is 6.12. The molecule has 2 aromatic heterocycles. The molecule has 48 heavy (non-hydrogen) atoms. The molecule has 4 heterocycles. The molecule has 1 aliphatic carbocycles. The molecule has 9 nitrogen and oxygen atoms in total. The largest absolute Gasteiger partial charge is 0.350 e. The van der Waals surface area contributed by atoms with Gasteiger partial charge in [-0.05, 0) is 116 Å². The summed E-state index contributed by atoms with van der Waals surface area (Å²) in [6, 6.07) is 11.7. The fraction of sp³-hybridized carbons (Fsp3) is 0.474. The molecule has 0 radical (unpaired) electrons. The highest BCUT2D eigenvalue weighted by Crippen LogP contribution is 2.48. The molecule has 2 N–H and O–H groups in total. The molecule has 0 bridgehead atoms. The summed E-state index contributed by atoms with van der Waals surface area (Å²) >= 11 is 0. The van der Waals surface area contributed by atoms with Gasteiger partial charge in [-0.2, -0.15) is 0 Å². The van der Waals surface area contributed by atoms with E-state index in [1.54, 1.807) is 19.3 Å². The van der Waals surface area contributed by atoms with E-state index in [1.165, 1.54) is 25.3 Å². The van der Waals surface area contributed by atoms with Crippen LogP contribution in [0.5, 0.6) is 0 Å². The van der Waals surface area contributed by atoms with Crippen LogP contribution in [0, 0.1) is 12.7 Å². The zero-order chi connectivity index (χ0) is 33.9. The number of aryl methyl sites for hydroxylation is 2. The molecule has 1 saturated carbocycles. The van der Waals surface area contributed by atoms with Crippen LogP contribution in [0.1, 0.15) is 88.2 Å². The van der Waals surface area contributed by atoms with Crippen molar-refractivity contribution in [3.8, 4) is 11.3 Å². The molecule has 0 atom stereocenters. The van der Waals surface area contributed by atoms with Crippen LogP contribution in [0.25, 0.3) is 22.3 Å². The molecule has 2 amide bonds. The number of carbonyl (C=O) groups excluding carboxylic acids is 2. The van der Waals surface area contributed by atoms with Gasteiger partial charge in [0.05, 0.1) is 28.6 Å². The van der Waals surface area contributed by atoms with Crippen LogP contribution in [0.2, 0.25) is 0 Å². The SMILES string of the molecule is CCn1cnc2cc(-c3ccc4c(c3)N(C3CC(N5CCCCC5)C3)C(=O)C4(C)C)nc(Nc3cc(C(=O)NC(C)C)c(C)cc3F)c21. The van der Waals surface area contributed by atoms with Crippen molar-refractivity contribution >= 4 is 40.0 Å². The molecule has 2 aromatic carbocycles. The number of piperidine rings is 1. The Morgan fingerprint density at radius 3 is 2.52 bits per heavy atom. The number of hydrogen-bond acceptors (Lipinski definition) is 6. The number of rotatable bonds is 8. The summed E-state index contributed by atoms with van der Waals surface area (Å²) in [6.07, 6.45) is 7.59. The third-order valence-electron chi connectivity index (χ3n) is 10.5. The van der Waals surface area contributed by atoms with E-state index < -0.39 is 11.2 Å². The first-order valence-corrected chi connectivity index (χ1v) is 17.4. The number of anilines is 3. The smallest absolute Gasteiger partial charge is 0.251 e. The summed E-state index contributed by atoms with van der Waals surface area (Å²) in [4.78, 5) is 41.2. The van der Waals surface area contributed by atoms with Crippen LogP contribution < -0.4 is 15.5 Å². The Hall–Kier alpha value is -4.31. The zero-order valence-electron chi connectivity index (χ0n) is 28.9. The van der Waals surface area contributed by atoms with Gasteiger partial charge in [-0.3, -0.25) is 9.59 Å².